The van der Waals surface area contributed by atoms with Gasteiger partial charge in [-0.1, -0.05) is 23.7 Å². The Labute approximate surface area is 140 Å². The Hall–Kier alpha value is -2.72. The van der Waals surface area contributed by atoms with Crippen molar-refractivity contribution in [3.8, 4) is 11.8 Å². The lowest BCUT2D eigenvalue weighted by atomic mass is 10.1. The molecule has 2 rings (SSSR count). The molecule has 0 saturated heterocycles. The van der Waals surface area contributed by atoms with Crippen LogP contribution in [0.1, 0.15) is 15.9 Å². The third-order valence-corrected chi connectivity index (χ3v) is 3.20. The van der Waals surface area contributed by atoms with Crippen molar-refractivity contribution in [2.24, 2.45) is 0 Å². The Morgan fingerprint density at radius 3 is 2.58 bits per heavy atom. The highest BCUT2D eigenvalue weighted by Gasteiger charge is 2.28. The number of nitrogens with zero attached hydrogens (tertiary/aromatic N) is 1. The number of alkyl halides is 3. The SMILES string of the molecule is N#Cc1cc(NC(=O)c2ccccc2Cl)ccc1OCC(F)(F)F. The minimum Gasteiger partial charge on any atom is -0.483 e. The molecule has 0 atom stereocenters. The Morgan fingerprint density at radius 1 is 1.25 bits per heavy atom. The number of nitriles is 1. The fourth-order valence-electron chi connectivity index (χ4n) is 1.82. The summed E-state index contributed by atoms with van der Waals surface area (Å²) in [6, 6.07) is 11.8. The first-order valence-corrected chi connectivity index (χ1v) is 6.97. The summed E-state index contributed by atoms with van der Waals surface area (Å²) in [4.78, 5) is 12.1. The number of benzene rings is 2. The predicted molar refractivity (Wildman–Crippen MR) is 82.1 cm³/mol. The number of carbonyl (C=O) groups excluding carboxylic acids is 1. The second kappa shape index (κ2) is 7.23. The maximum absolute atomic E-state index is 12.2. The topological polar surface area (TPSA) is 62.1 Å². The molecule has 1 N–H and O–H groups in total. The van der Waals surface area contributed by atoms with Gasteiger partial charge in [0.2, 0.25) is 0 Å². The molecule has 8 heteroatoms. The number of nitrogens with one attached hydrogen (secondary N) is 1. The molecule has 0 heterocycles. The number of carbonyl (C=O) groups is 1. The van der Waals surface area contributed by atoms with Crippen molar-refractivity contribution < 1.29 is 22.7 Å². The molecule has 0 fully saturated rings. The molecule has 1 amide bonds. The van der Waals surface area contributed by atoms with Crippen LogP contribution in [0.2, 0.25) is 5.02 Å². The summed E-state index contributed by atoms with van der Waals surface area (Å²) in [5, 5.41) is 11.8. The summed E-state index contributed by atoms with van der Waals surface area (Å²) in [6.07, 6.45) is -4.51. The van der Waals surface area contributed by atoms with Crippen LogP contribution in [0.5, 0.6) is 5.75 Å². The quantitative estimate of drug-likeness (QED) is 0.884. The zero-order valence-corrected chi connectivity index (χ0v) is 12.8. The van der Waals surface area contributed by atoms with Gasteiger partial charge in [0.1, 0.15) is 11.8 Å². The average molecular weight is 355 g/mol. The van der Waals surface area contributed by atoms with Crippen molar-refractivity contribution in [2.45, 2.75) is 6.18 Å². The average Bonchev–Trinajstić information content (AvgIpc) is 2.53. The van der Waals surface area contributed by atoms with Gasteiger partial charge in [0, 0.05) is 5.69 Å². The van der Waals surface area contributed by atoms with Gasteiger partial charge in [0.05, 0.1) is 16.1 Å². The van der Waals surface area contributed by atoms with Crippen molar-refractivity contribution in [3.63, 3.8) is 0 Å². The van der Waals surface area contributed by atoms with E-state index in [0.29, 0.717) is 0 Å². The molecule has 2 aromatic rings. The summed E-state index contributed by atoms with van der Waals surface area (Å²) >= 11 is 5.91. The number of amides is 1. The van der Waals surface area contributed by atoms with E-state index in [4.69, 9.17) is 16.9 Å². The smallest absolute Gasteiger partial charge is 0.422 e. The van der Waals surface area contributed by atoms with Crippen LogP contribution in [0, 0.1) is 11.3 Å². The van der Waals surface area contributed by atoms with Gasteiger partial charge in [0.15, 0.2) is 6.61 Å². The zero-order valence-electron chi connectivity index (χ0n) is 12.0. The van der Waals surface area contributed by atoms with Gasteiger partial charge in [-0.15, -0.1) is 0 Å². The summed E-state index contributed by atoms with van der Waals surface area (Å²) < 4.78 is 41.1. The summed E-state index contributed by atoms with van der Waals surface area (Å²) in [5.41, 5.74) is 0.335. The number of ether oxygens (including phenoxy) is 1. The highest BCUT2D eigenvalue weighted by Crippen LogP contribution is 2.25. The minimum atomic E-state index is -4.51. The van der Waals surface area contributed by atoms with Crippen molar-refractivity contribution in [1.82, 2.24) is 0 Å². The molecule has 0 aromatic heterocycles. The standard InChI is InChI=1S/C16H10ClF3N2O2/c17-13-4-2-1-3-12(13)15(23)22-11-5-6-14(10(7-11)8-21)24-9-16(18,19)20/h1-7H,9H2,(H,22,23). The van der Waals surface area contributed by atoms with E-state index in [2.05, 4.69) is 10.1 Å². The van der Waals surface area contributed by atoms with Gasteiger partial charge in [-0.3, -0.25) is 4.79 Å². The molecule has 0 aliphatic carbocycles. The monoisotopic (exact) mass is 354 g/mol. The van der Waals surface area contributed by atoms with Gasteiger partial charge in [-0.25, -0.2) is 0 Å². The van der Waals surface area contributed by atoms with Crippen LogP contribution in [0.4, 0.5) is 18.9 Å². The minimum absolute atomic E-state index is 0.129. The molecule has 0 saturated carbocycles. The van der Waals surface area contributed by atoms with E-state index in [-0.39, 0.29) is 27.6 Å². The Kier molecular flexibility index (Phi) is 5.31. The molecular weight excluding hydrogens is 345 g/mol. The summed E-state index contributed by atoms with van der Waals surface area (Å²) in [5.74, 6) is -0.723. The zero-order chi connectivity index (χ0) is 17.7. The maximum atomic E-state index is 12.2. The lowest BCUT2D eigenvalue weighted by Crippen LogP contribution is -2.19. The Bertz CT molecular complexity index is 801. The van der Waals surface area contributed by atoms with E-state index in [1.807, 2.05) is 0 Å². The second-order valence-corrected chi connectivity index (χ2v) is 5.07. The molecule has 124 valence electrons. The fraction of sp³-hybridized carbons (Fsp3) is 0.125. The lowest BCUT2D eigenvalue weighted by molar-refractivity contribution is -0.153. The summed E-state index contributed by atoms with van der Waals surface area (Å²) in [7, 11) is 0. The van der Waals surface area contributed by atoms with Gasteiger partial charge in [0.25, 0.3) is 5.91 Å². The number of hydrogen-bond acceptors (Lipinski definition) is 3. The first-order chi connectivity index (χ1) is 11.3. The predicted octanol–water partition coefficient (Wildman–Crippen LogP) is 4.41. The molecule has 0 bridgehead atoms. The largest absolute Gasteiger partial charge is 0.483 e. The highest BCUT2D eigenvalue weighted by molar-refractivity contribution is 6.34. The number of rotatable bonds is 4. The van der Waals surface area contributed by atoms with Crippen LogP contribution in [-0.2, 0) is 0 Å². The Balaban J connectivity index is 2.17. The van der Waals surface area contributed by atoms with Gasteiger partial charge in [-0.2, -0.15) is 18.4 Å². The molecule has 24 heavy (non-hydrogen) atoms. The number of halogens is 4. The molecule has 0 spiro atoms. The van der Waals surface area contributed by atoms with Gasteiger partial charge >= 0.3 is 6.18 Å². The van der Waals surface area contributed by atoms with E-state index in [1.165, 1.54) is 24.3 Å². The summed E-state index contributed by atoms with van der Waals surface area (Å²) in [6.45, 7) is -1.51. The molecule has 0 aliphatic heterocycles. The van der Waals surface area contributed by atoms with Crippen LogP contribution in [0.25, 0.3) is 0 Å². The number of anilines is 1. The third kappa shape index (κ3) is 4.64. The van der Waals surface area contributed by atoms with Gasteiger partial charge in [-0.05, 0) is 30.3 Å². The van der Waals surface area contributed by atoms with E-state index in [9.17, 15) is 18.0 Å². The fourth-order valence-corrected chi connectivity index (χ4v) is 2.05. The first kappa shape index (κ1) is 17.6. The molecule has 0 aliphatic rings. The highest BCUT2D eigenvalue weighted by atomic mass is 35.5. The molecule has 2 aromatic carbocycles. The van der Waals surface area contributed by atoms with Crippen LogP contribution in [0.3, 0.4) is 0 Å². The van der Waals surface area contributed by atoms with Crippen LogP contribution in [-0.4, -0.2) is 18.7 Å². The van der Waals surface area contributed by atoms with E-state index >= 15 is 0 Å². The molecular formula is C16H10ClF3N2O2. The third-order valence-electron chi connectivity index (χ3n) is 2.87. The van der Waals surface area contributed by atoms with Crippen molar-refractivity contribution >= 4 is 23.2 Å². The van der Waals surface area contributed by atoms with Crippen molar-refractivity contribution in [1.29, 1.82) is 5.26 Å². The van der Waals surface area contributed by atoms with Gasteiger partial charge < -0.3 is 10.1 Å². The Morgan fingerprint density at radius 2 is 1.96 bits per heavy atom. The number of hydrogen-bond donors (Lipinski definition) is 1. The first-order valence-electron chi connectivity index (χ1n) is 6.60. The van der Waals surface area contributed by atoms with Crippen LogP contribution in [0.15, 0.2) is 42.5 Å². The molecule has 0 unspecified atom stereocenters. The molecule has 4 nitrogen and oxygen atoms in total. The van der Waals surface area contributed by atoms with E-state index in [0.717, 1.165) is 0 Å². The van der Waals surface area contributed by atoms with Crippen molar-refractivity contribution in [2.75, 3.05) is 11.9 Å². The van der Waals surface area contributed by atoms with E-state index < -0.39 is 18.7 Å². The van der Waals surface area contributed by atoms with Crippen LogP contribution < -0.4 is 10.1 Å². The molecule has 0 radical (unpaired) electrons. The van der Waals surface area contributed by atoms with Crippen LogP contribution >= 0.6 is 11.6 Å². The van der Waals surface area contributed by atoms with Crippen molar-refractivity contribution in [3.05, 3.63) is 58.6 Å². The lowest BCUT2D eigenvalue weighted by Gasteiger charge is -2.12. The maximum Gasteiger partial charge on any atom is 0.422 e. The second-order valence-electron chi connectivity index (χ2n) is 4.66. The van der Waals surface area contributed by atoms with E-state index in [1.54, 1.807) is 24.3 Å². The normalized spacial score (nSPS) is 10.8.